The van der Waals surface area contributed by atoms with Crippen LogP contribution < -0.4 is 10.6 Å². The average molecular weight is 413 g/mol. The van der Waals surface area contributed by atoms with Gasteiger partial charge in [0.1, 0.15) is 12.0 Å². The Morgan fingerprint density at radius 3 is 2.24 bits per heavy atom. The lowest BCUT2D eigenvalue weighted by molar-refractivity contribution is 0.0318. The van der Waals surface area contributed by atoms with Crippen LogP contribution in [0.25, 0.3) is 0 Å². The van der Waals surface area contributed by atoms with Crippen LogP contribution in [0.4, 0.5) is 13.6 Å². The van der Waals surface area contributed by atoms with Crippen LogP contribution in [0.1, 0.15) is 84.5 Å². The first-order valence-electron chi connectivity index (χ1n) is 11.3. The molecule has 0 spiro atoms. The minimum Gasteiger partial charge on any atom is -0.374 e. The van der Waals surface area contributed by atoms with Crippen LogP contribution in [0.15, 0.2) is 23.6 Å². The molecule has 2 aliphatic rings. The third-order valence-electron chi connectivity index (χ3n) is 5.95. The molecule has 4 nitrogen and oxygen atoms in total. The summed E-state index contributed by atoms with van der Waals surface area (Å²) < 4.78 is 33.9. The van der Waals surface area contributed by atoms with Crippen molar-refractivity contribution < 1.29 is 18.3 Å². The number of hydrogen-bond acceptors (Lipinski definition) is 2. The van der Waals surface area contributed by atoms with E-state index in [0.717, 1.165) is 44.9 Å². The van der Waals surface area contributed by atoms with Crippen molar-refractivity contribution in [2.24, 2.45) is 0 Å². The molecule has 6 heteroatoms. The van der Waals surface area contributed by atoms with Gasteiger partial charge in [-0.3, -0.25) is 0 Å². The first kappa shape index (κ1) is 23.8. The smallest absolute Gasteiger partial charge is 0.315 e. The number of urea groups is 1. The third kappa shape index (κ3) is 8.85. The van der Waals surface area contributed by atoms with E-state index in [2.05, 4.69) is 10.6 Å². The first-order valence-corrected chi connectivity index (χ1v) is 11.3. The van der Waals surface area contributed by atoms with Crippen LogP contribution >= 0.6 is 0 Å². The highest BCUT2D eigenvalue weighted by atomic mass is 19.1. The van der Waals surface area contributed by atoms with Crippen molar-refractivity contribution in [3.63, 3.8) is 0 Å². The number of halogens is 2. The van der Waals surface area contributed by atoms with Crippen molar-refractivity contribution in [3.8, 4) is 0 Å². The van der Waals surface area contributed by atoms with Crippen molar-refractivity contribution in [1.82, 2.24) is 10.6 Å². The highest BCUT2D eigenvalue weighted by Crippen LogP contribution is 2.24. The van der Waals surface area contributed by atoms with Crippen LogP contribution in [-0.2, 0) is 4.74 Å². The number of rotatable bonds is 9. The summed E-state index contributed by atoms with van der Waals surface area (Å²) in [6, 6.07) is 0.378. The van der Waals surface area contributed by atoms with E-state index >= 15 is 0 Å². The fourth-order valence-corrected chi connectivity index (χ4v) is 4.13. The van der Waals surface area contributed by atoms with Crippen molar-refractivity contribution in [1.29, 1.82) is 0 Å². The number of carbonyl (C=O) groups is 1. The van der Waals surface area contributed by atoms with E-state index in [1.807, 2.05) is 13.0 Å². The van der Waals surface area contributed by atoms with Gasteiger partial charge in [-0.25, -0.2) is 13.6 Å². The monoisotopic (exact) mass is 412 g/mol. The van der Waals surface area contributed by atoms with Gasteiger partial charge in [-0.2, -0.15) is 0 Å². The Morgan fingerprint density at radius 1 is 1.03 bits per heavy atom. The van der Waals surface area contributed by atoms with Crippen LogP contribution in [0.2, 0.25) is 0 Å². The molecule has 0 aromatic carbocycles. The average Bonchev–Trinajstić information content (AvgIpc) is 2.70. The molecule has 0 aliphatic heterocycles. The molecule has 2 fully saturated rings. The Balaban J connectivity index is 1.70. The lowest BCUT2D eigenvalue weighted by Crippen LogP contribution is -2.48. The van der Waals surface area contributed by atoms with Gasteiger partial charge in [-0.15, -0.1) is 0 Å². The molecule has 1 atom stereocenters. The molecule has 0 aromatic rings. The third-order valence-corrected chi connectivity index (χ3v) is 5.95. The second-order valence-electron chi connectivity index (χ2n) is 8.37. The number of nitrogens with one attached hydrogen (secondary N) is 2. The fourth-order valence-electron chi connectivity index (χ4n) is 4.13. The van der Waals surface area contributed by atoms with E-state index in [1.165, 1.54) is 26.2 Å². The Bertz CT molecular complexity index is 549. The van der Waals surface area contributed by atoms with Crippen molar-refractivity contribution in [2.45, 2.75) is 109 Å². The maximum atomic E-state index is 14.2. The summed E-state index contributed by atoms with van der Waals surface area (Å²) >= 11 is 0. The zero-order valence-corrected chi connectivity index (χ0v) is 18.0. The summed E-state index contributed by atoms with van der Waals surface area (Å²) in [5.74, 6) is -0.431. The molecule has 2 saturated carbocycles. The molecule has 2 rings (SSSR count). The van der Waals surface area contributed by atoms with Gasteiger partial charge in [0.15, 0.2) is 0 Å². The van der Waals surface area contributed by atoms with Gasteiger partial charge in [0.05, 0.1) is 12.7 Å². The first-order chi connectivity index (χ1) is 14.0. The number of amides is 2. The van der Waals surface area contributed by atoms with Gasteiger partial charge < -0.3 is 15.4 Å². The van der Waals surface area contributed by atoms with Gasteiger partial charge in [0, 0.05) is 24.1 Å². The van der Waals surface area contributed by atoms with E-state index in [1.54, 1.807) is 6.08 Å². The molecule has 29 heavy (non-hydrogen) atoms. The number of ether oxygens (including phenoxy) is 1. The summed E-state index contributed by atoms with van der Waals surface area (Å²) in [4.78, 5) is 12.2. The minimum atomic E-state index is -1.36. The van der Waals surface area contributed by atoms with Crippen LogP contribution in [0, 0.1) is 0 Å². The molecular formula is C23H38F2N2O2. The van der Waals surface area contributed by atoms with Crippen LogP contribution in [0.3, 0.4) is 0 Å². The lowest BCUT2D eigenvalue weighted by atomic mass is 9.93. The summed E-state index contributed by atoms with van der Waals surface area (Å²) in [6.45, 7) is 3.33. The number of hydrogen-bond donors (Lipinski definition) is 2. The maximum absolute atomic E-state index is 14.2. The molecule has 166 valence electrons. The van der Waals surface area contributed by atoms with Crippen molar-refractivity contribution in [3.05, 3.63) is 23.6 Å². The van der Waals surface area contributed by atoms with Gasteiger partial charge in [0.25, 0.3) is 0 Å². The second kappa shape index (κ2) is 13.0. The number of carbonyl (C=O) groups excluding carboxylic acids is 1. The topological polar surface area (TPSA) is 50.4 Å². The Kier molecular flexibility index (Phi) is 10.7. The number of allylic oxidation sites excluding steroid dienone is 3. The molecule has 0 bridgehead atoms. The van der Waals surface area contributed by atoms with Gasteiger partial charge >= 0.3 is 6.03 Å². The SMILES string of the molecule is CC/C=C\C/C(F)=C(/COC1CCC(NC(=O)NC2CCCCC2)CC1)C(C)F. The Labute approximate surface area is 174 Å². The fraction of sp³-hybridized carbons (Fsp3) is 0.783. The molecule has 0 aromatic heterocycles. The van der Waals surface area contributed by atoms with E-state index in [-0.39, 0.29) is 36.8 Å². The van der Waals surface area contributed by atoms with Crippen molar-refractivity contribution >= 4 is 6.03 Å². The van der Waals surface area contributed by atoms with Gasteiger partial charge in [-0.05, 0) is 51.9 Å². The highest BCUT2D eigenvalue weighted by Gasteiger charge is 2.25. The van der Waals surface area contributed by atoms with Crippen LogP contribution in [0.5, 0.6) is 0 Å². The molecule has 2 amide bonds. The number of alkyl halides is 1. The summed E-state index contributed by atoms with van der Waals surface area (Å²) in [6.07, 6.45) is 12.2. The zero-order valence-electron chi connectivity index (χ0n) is 18.0. The second-order valence-corrected chi connectivity index (χ2v) is 8.37. The molecule has 0 saturated heterocycles. The van der Waals surface area contributed by atoms with E-state index < -0.39 is 12.0 Å². The molecule has 0 heterocycles. The van der Waals surface area contributed by atoms with E-state index in [4.69, 9.17) is 4.74 Å². The summed E-state index contributed by atoms with van der Waals surface area (Å²) in [5.41, 5.74) is 0.109. The van der Waals surface area contributed by atoms with Gasteiger partial charge in [-0.1, -0.05) is 38.3 Å². The predicted octanol–water partition coefficient (Wildman–Crippen LogP) is 5.88. The zero-order chi connectivity index (χ0) is 21.1. The predicted molar refractivity (Wildman–Crippen MR) is 113 cm³/mol. The molecule has 2 aliphatic carbocycles. The summed E-state index contributed by atoms with van der Waals surface area (Å²) in [7, 11) is 0. The maximum Gasteiger partial charge on any atom is 0.315 e. The molecule has 0 radical (unpaired) electrons. The quantitative estimate of drug-likeness (QED) is 0.464. The van der Waals surface area contributed by atoms with E-state index in [9.17, 15) is 13.6 Å². The highest BCUT2D eigenvalue weighted by molar-refractivity contribution is 5.74. The van der Waals surface area contributed by atoms with Crippen molar-refractivity contribution in [2.75, 3.05) is 6.61 Å². The summed E-state index contributed by atoms with van der Waals surface area (Å²) in [5, 5.41) is 6.16. The van der Waals surface area contributed by atoms with Crippen LogP contribution in [-0.4, -0.2) is 37.0 Å². The standard InChI is InChI=1S/C23H38F2N2O2/c1-3-4-6-11-22(25)21(17(2)24)16-29-20-14-12-19(13-15-20)27-23(28)26-18-9-7-5-8-10-18/h4,6,17-20H,3,5,7-16H2,1-2H3,(H2,26,27,28)/b6-4-,22-21+. The Hall–Kier alpha value is -1.43. The molecule has 1 unspecified atom stereocenters. The largest absolute Gasteiger partial charge is 0.374 e. The van der Waals surface area contributed by atoms with Gasteiger partial charge in [0.2, 0.25) is 0 Å². The van der Waals surface area contributed by atoms with E-state index in [0.29, 0.717) is 6.04 Å². The lowest BCUT2D eigenvalue weighted by Gasteiger charge is -2.30. The minimum absolute atomic E-state index is 0.00556. The normalized spacial score (nSPS) is 25.5. The Morgan fingerprint density at radius 2 is 1.66 bits per heavy atom. The molecule has 2 N–H and O–H groups in total. The molecular weight excluding hydrogens is 374 g/mol.